The Hall–Kier alpha value is -1.14. The van der Waals surface area contributed by atoms with Crippen molar-refractivity contribution in [1.82, 2.24) is 0 Å². The van der Waals surface area contributed by atoms with Crippen LogP contribution in [-0.2, 0) is 18.8 Å². The highest BCUT2D eigenvalue weighted by Crippen LogP contribution is 2.37. The van der Waals surface area contributed by atoms with Crippen LogP contribution in [0, 0.1) is 0 Å². The Kier molecular flexibility index (Phi) is 6.81. The molecule has 0 radical (unpaired) electrons. The smallest absolute Gasteiger partial charge is 0.461 e. The van der Waals surface area contributed by atoms with Gasteiger partial charge >= 0.3 is 13.1 Å². The Bertz CT molecular complexity index is 427. The molecule has 4 nitrogen and oxygen atoms in total. The van der Waals surface area contributed by atoms with E-state index in [1.165, 1.54) is 13.2 Å². The lowest BCUT2D eigenvalue weighted by Crippen LogP contribution is -2.41. The second-order valence-corrected chi connectivity index (χ2v) is 6.33. The molecule has 0 aliphatic carbocycles. The van der Waals surface area contributed by atoms with Gasteiger partial charge in [-0.15, -0.1) is 0 Å². The van der Waals surface area contributed by atoms with Gasteiger partial charge in [-0.3, -0.25) is 4.79 Å². The average molecular weight is 312 g/mol. The fourth-order valence-electron chi connectivity index (χ4n) is 2.11. The topological polar surface area (TPSA) is 44.8 Å². The Morgan fingerprint density at radius 3 is 2.27 bits per heavy atom. The van der Waals surface area contributed by atoms with Gasteiger partial charge in [0.2, 0.25) is 0 Å². The summed E-state index contributed by atoms with van der Waals surface area (Å²) in [5, 5.41) is 0. The predicted octanol–water partition coefficient (Wildman–Crippen LogP) is 3.48. The minimum atomic E-state index is -0.536. The fourth-order valence-corrected chi connectivity index (χ4v) is 2.11. The molecule has 6 heteroatoms. The molecule has 0 aromatic rings. The highest BCUT2D eigenvalue weighted by atomic mass is 19.1. The third-order valence-electron chi connectivity index (χ3n) is 4.14. The lowest BCUT2D eigenvalue weighted by molar-refractivity contribution is -0.140. The molecule has 0 atom stereocenters. The minimum absolute atomic E-state index is 0.266. The van der Waals surface area contributed by atoms with Gasteiger partial charge in [0.1, 0.15) is 6.67 Å². The van der Waals surface area contributed by atoms with E-state index in [0.717, 1.165) is 5.57 Å². The third-order valence-corrected chi connectivity index (χ3v) is 4.14. The summed E-state index contributed by atoms with van der Waals surface area (Å²) in [6, 6.07) is 0. The summed E-state index contributed by atoms with van der Waals surface area (Å²) >= 11 is 0. The van der Waals surface area contributed by atoms with Crippen LogP contribution in [0.4, 0.5) is 4.39 Å². The first kappa shape index (κ1) is 18.9. The number of rotatable bonds is 7. The molecule has 1 saturated heterocycles. The van der Waals surface area contributed by atoms with Crippen LogP contribution < -0.4 is 0 Å². The van der Waals surface area contributed by atoms with Gasteiger partial charge in [0.05, 0.1) is 18.3 Å². The van der Waals surface area contributed by atoms with Crippen LogP contribution in [0.3, 0.4) is 0 Å². The molecule has 22 heavy (non-hydrogen) atoms. The van der Waals surface area contributed by atoms with Crippen LogP contribution in [0.1, 0.15) is 40.5 Å². The van der Waals surface area contributed by atoms with Gasteiger partial charge in [-0.2, -0.15) is 0 Å². The molecule has 0 saturated carbocycles. The van der Waals surface area contributed by atoms with Gasteiger partial charge in [0, 0.05) is 12.7 Å². The number of halogens is 1. The molecule has 0 aromatic heterocycles. The quantitative estimate of drug-likeness (QED) is 0.410. The van der Waals surface area contributed by atoms with Crippen LogP contribution in [0.25, 0.3) is 0 Å². The molecular formula is C16H26BFO4. The molecule has 0 bridgehead atoms. The van der Waals surface area contributed by atoms with E-state index >= 15 is 0 Å². The summed E-state index contributed by atoms with van der Waals surface area (Å²) in [4.78, 5) is 11.2. The largest absolute Gasteiger partial charge is 0.469 e. The van der Waals surface area contributed by atoms with Crippen LogP contribution in [0.5, 0.6) is 0 Å². The van der Waals surface area contributed by atoms with Gasteiger partial charge < -0.3 is 14.0 Å². The van der Waals surface area contributed by atoms with E-state index in [9.17, 15) is 9.18 Å². The summed E-state index contributed by atoms with van der Waals surface area (Å²) in [7, 11) is 1.02. The SMILES string of the molecule is COC(=O)CCC(/C=C\CF)=C/CB1OC(C)(C)C(C)(C)O1. The molecule has 0 amide bonds. The van der Waals surface area contributed by atoms with Gasteiger partial charge in [-0.1, -0.05) is 23.8 Å². The minimum Gasteiger partial charge on any atom is -0.469 e. The van der Waals surface area contributed by atoms with Crippen molar-refractivity contribution in [3.05, 3.63) is 23.8 Å². The number of hydrogen-bond donors (Lipinski definition) is 0. The zero-order valence-electron chi connectivity index (χ0n) is 14.1. The Morgan fingerprint density at radius 1 is 1.18 bits per heavy atom. The Balaban J connectivity index is 2.65. The van der Waals surface area contributed by atoms with E-state index in [4.69, 9.17) is 9.31 Å². The number of hydrogen-bond acceptors (Lipinski definition) is 4. The van der Waals surface area contributed by atoms with Gasteiger partial charge in [-0.05, 0) is 34.1 Å². The molecule has 0 unspecified atom stereocenters. The zero-order chi connectivity index (χ0) is 16.8. The van der Waals surface area contributed by atoms with Crippen molar-refractivity contribution in [2.24, 2.45) is 0 Å². The molecule has 0 spiro atoms. The highest BCUT2D eigenvalue weighted by Gasteiger charge is 2.50. The summed E-state index contributed by atoms with van der Waals surface area (Å²) < 4.78 is 28.8. The van der Waals surface area contributed by atoms with Gasteiger partial charge in [0.15, 0.2) is 0 Å². The van der Waals surface area contributed by atoms with E-state index in [1.807, 2.05) is 33.8 Å². The molecule has 1 heterocycles. The standard InChI is InChI=1S/C16H26BFO4/c1-15(2)16(3,4)22-17(21-15)11-10-13(7-6-12-18)8-9-14(19)20-5/h6-7,10H,8-9,11-12H2,1-5H3/b7-6-,13-10+. The van der Waals surface area contributed by atoms with Crippen molar-refractivity contribution in [3.63, 3.8) is 0 Å². The van der Waals surface area contributed by atoms with E-state index in [0.29, 0.717) is 12.7 Å². The maximum absolute atomic E-state index is 12.3. The van der Waals surface area contributed by atoms with Crippen molar-refractivity contribution >= 4 is 13.1 Å². The Labute approximate surface area is 132 Å². The molecule has 1 fully saturated rings. The molecule has 0 N–H and O–H groups in total. The van der Waals surface area contributed by atoms with Crippen molar-refractivity contribution in [3.8, 4) is 0 Å². The van der Waals surface area contributed by atoms with Crippen LogP contribution in [0.15, 0.2) is 23.8 Å². The molecule has 0 aromatic carbocycles. The molecule has 124 valence electrons. The monoisotopic (exact) mass is 312 g/mol. The summed E-state index contributed by atoms with van der Waals surface area (Å²) in [5.74, 6) is -0.282. The second-order valence-electron chi connectivity index (χ2n) is 6.33. The number of carbonyl (C=O) groups excluding carboxylic acids is 1. The molecule has 1 rings (SSSR count). The van der Waals surface area contributed by atoms with Gasteiger partial charge in [-0.25, -0.2) is 4.39 Å². The van der Waals surface area contributed by atoms with Crippen molar-refractivity contribution in [2.75, 3.05) is 13.8 Å². The molecule has 1 aliphatic heterocycles. The normalized spacial score (nSPS) is 20.6. The fraction of sp³-hybridized carbons (Fsp3) is 0.688. The lowest BCUT2D eigenvalue weighted by Gasteiger charge is -2.32. The number of methoxy groups -OCH3 is 1. The predicted molar refractivity (Wildman–Crippen MR) is 85.3 cm³/mol. The number of allylic oxidation sites excluding steroid dienone is 4. The first-order chi connectivity index (χ1) is 10.2. The van der Waals surface area contributed by atoms with Crippen LogP contribution in [-0.4, -0.2) is 38.1 Å². The number of alkyl halides is 1. The number of esters is 1. The van der Waals surface area contributed by atoms with Gasteiger partial charge in [0.25, 0.3) is 0 Å². The van der Waals surface area contributed by atoms with E-state index < -0.39 is 6.67 Å². The first-order valence-electron chi connectivity index (χ1n) is 7.56. The van der Waals surface area contributed by atoms with E-state index in [2.05, 4.69) is 4.74 Å². The molecular weight excluding hydrogens is 286 g/mol. The summed E-state index contributed by atoms with van der Waals surface area (Å²) in [6.45, 7) is 7.46. The third kappa shape index (κ3) is 5.25. The second kappa shape index (κ2) is 7.93. The maximum atomic E-state index is 12.3. The van der Waals surface area contributed by atoms with E-state index in [1.54, 1.807) is 6.08 Å². The maximum Gasteiger partial charge on any atom is 0.461 e. The Morgan fingerprint density at radius 2 is 1.77 bits per heavy atom. The van der Waals surface area contributed by atoms with Crippen molar-refractivity contribution in [1.29, 1.82) is 0 Å². The van der Waals surface area contributed by atoms with Crippen LogP contribution >= 0.6 is 0 Å². The average Bonchev–Trinajstić information content (AvgIpc) is 2.65. The number of carbonyl (C=O) groups is 1. The lowest BCUT2D eigenvalue weighted by atomic mass is 9.83. The summed E-state index contributed by atoms with van der Waals surface area (Å²) in [5.41, 5.74) is 0.136. The molecule has 1 aliphatic rings. The highest BCUT2D eigenvalue weighted by molar-refractivity contribution is 6.46. The zero-order valence-corrected chi connectivity index (χ0v) is 14.1. The van der Waals surface area contributed by atoms with E-state index in [-0.39, 0.29) is 30.7 Å². The van der Waals surface area contributed by atoms with Crippen LogP contribution in [0.2, 0.25) is 6.32 Å². The first-order valence-corrected chi connectivity index (χ1v) is 7.56. The number of ether oxygens (including phenoxy) is 1. The summed E-state index contributed by atoms with van der Waals surface area (Å²) in [6.07, 6.45) is 6.36. The van der Waals surface area contributed by atoms with Crippen molar-refractivity contribution in [2.45, 2.75) is 58.1 Å². The van der Waals surface area contributed by atoms with Crippen molar-refractivity contribution < 1.29 is 23.2 Å².